The predicted octanol–water partition coefficient (Wildman–Crippen LogP) is 12.8. The Morgan fingerprint density at radius 1 is 0.302 bits per heavy atom. The fraction of sp³-hybridized carbons (Fsp3) is 0.0769. The van der Waals surface area contributed by atoms with E-state index in [9.17, 15) is 114 Å². The lowest BCUT2D eigenvalue weighted by atomic mass is 9.99. The minimum atomic E-state index is -7.45. The van der Waals surface area contributed by atoms with Crippen molar-refractivity contribution in [3.8, 4) is 0 Å². The third-order valence-corrected chi connectivity index (χ3v) is 5.67. The topological polar surface area (TPSA) is 9.23 Å². The lowest BCUT2D eigenvalue weighted by Gasteiger charge is -2.24. The van der Waals surface area contributed by atoms with Gasteiger partial charge in [0.25, 0.3) is 0 Å². The van der Waals surface area contributed by atoms with Crippen LogP contribution in [-0.2, 0) is 4.74 Å². The van der Waals surface area contributed by atoms with Crippen LogP contribution in [0.5, 0.6) is 0 Å². The first kappa shape index (κ1) is 44.2. The number of ether oxygens (including phenoxy) is 1. The van der Waals surface area contributed by atoms with Crippen molar-refractivity contribution < 1.29 is 119 Å². The Kier molecular flexibility index (Phi) is 13.0. The van der Waals surface area contributed by atoms with Crippen molar-refractivity contribution in [1.29, 1.82) is 0 Å². The van der Waals surface area contributed by atoms with Crippen LogP contribution in [0.25, 0.3) is 11.1 Å². The Balaban J connectivity index is 3.23. The normalized spacial score (nSPS) is 14.4. The first-order valence-electron chi connectivity index (χ1n) is 11.8. The molecule has 0 saturated heterocycles. The van der Waals surface area contributed by atoms with Gasteiger partial charge in [0.05, 0.1) is 22.3 Å². The van der Waals surface area contributed by atoms with Gasteiger partial charge in [-0.2, -0.15) is 43.9 Å². The smallest absolute Gasteiger partial charge is 0.243 e. The second kappa shape index (κ2) is 15.6. The van der Waals surface area contributed by atoms with Crippen LogP contribution < -0.4 is 0 Å². The monoisotopic (exact) mass is 822 g/mol. The molecule has 0 aliphatic heterocycles. The molecular formula is C26F26O. The standard InChI is InChI=1S/C26F26O/c27-5-1(6(28)12(34)17(39)11(5)33)3(9(31)15(37)19(41)23(45)46)21(43)25(49,50)53-26(51,52)22(44)4(10(32)16(38)20(42)24(47)48)2-7(29)13(35)18(40)14(36)8(2)30. The summed E-state index contributed by atoms with van der Waals surface area (Å²) < 4.78 is 363. The van der Waals surface area contributed by atoms with Crippen LogP contribution in [0, 0.1) is 58.2 Å². The molecule has 0 saturated carbocycles. The van der Waals surface area contributed by atoms with E-state index in [4.69, 9.17) is 0 Å². The molecule has 0 unspecified atom stereocenters. The largest absolute Gasteiger partial charge is 0.414 e. The molecule has 2 aromatic carbocycles. The van der Waals surface area contributed by atoms with Gasteiger partial charge in [-0.3, -0.25) is 0 Å². The Bertz CT molecular complexity index is 1850. The first-order valence-corrected chi connectivity index (χ1v) is 11.8. The van der Waals surface area contributed by atoms with Crippen LogP contribution in [0.3, 0.4) is 0 Å². The van der Waals surface area contributed by atoms with Crippen molar-refractivity contribution in [2.75, 3.05) is 0 Å². The molecular weight excluding hydrogens is 822 g/mol. The number of rotatable bonds is 10. The number of hydrogen-bond donors (Lipinski definition) is 0. The van der Waals surface area contributed by atoms with Crippen LogP contribution in [0.4, 0.5) is 114 Å². The summed E-state index contributed by atoms with van der Waals surface area (Å²) in [6.07, 6.45) is -23.1. The van der Waals surface area contributed by atoms with Gasteiger partial charge >= 0.3 is 24.4 Å². The van der Waals surface area contributed by atoms with E-state index in [1.165, 1.54) is 0 Å². The summed E-state index contributed by atoms with van der Waals surface area (Å²) in [5.41, 5.74) is -15.5. The molecule has 0 fully saturated rings. The van der Waals surface area contributed by atoms with E-state index in [0.717, 1.165) is 0 Å². The maximum absolute atomic E-state index is 15.0. The molecule has 2 aromatic rings. The number of benzene rings is 2. The summed E-state index contributed by atoms with van der Waals surface area (Å²) >= 11 is 0. The zero-order valence-corrected chi connectivity index (χ0v) is 23.2. The van der Waals surface area contributed by atoms with Gasteiger partial charge in [-0.05, 0) is 0 Å². The predicted molar refractivity (Wildman–Crippen MR) is 119 cm³/mol. The van der Waals surface area contributed by atoms with Gasteiger partial charge in [0.1, 0.15) is 0 Å². The maximum Gasteiger partial charge on any atom is 0.414 e. The highest BCUT2D eigenvalue weighted by molar-refractivity contribution is 5.82. The molecule has 0 radical (unpaired) electrons. The minimum Gasteiger partial charge on any atom is -0.243 e. The van der Waals surface area contributed by atoms with Crippen LogP contribution in [0.15, 0.2) is 58.8 Å². The van der Waals surface area contributed by atoms with E-state index in [2.05, 4.69) is 4.74 Å². The second-order valence-corrected chi connectivity index (χ2v) is 8.81. The molecule has 27 heteroatoms. The van der Waals surface area contributed by atoms with E-state index < -0.39 is 151 Å². The Morgan fingerprint density at radius 3 is 0.717 bits per heavy atom. The molecule has 0 atom stereocenters. The lowest BCUT2D eigenvalue weighted by Crippen LogP contribution is -2.35. The highest BCUT2D eigenvalue weighted by atomic mass is 19.3. The summed E-state index contributed by atoms with van der Waals surface area (Å²) in [7, 11) is 0. The molecule has 0 amide bonds. The fourth-order valence-corrected chi connectivity index (χ4v) is 3.40. The van der Waals surface area contributed by atoms with Gasteiger partial charge in [-0.1, -0.05) is 0 Å². The second-order valence-electron chi connectivity index (χ2n) is 8.81. The van der Waals surface area contributed by atoms with E-state index in [1.54, 1.807) is 0 Å². The van der Waals surface area contributed by atoms with Crippen molar-refractivity contribution in [3.63, 3.8) is 0 Å². The van der Waals surface area contributed by atoms with Gasteiger partial charge in [0.2, 0.25) is 46.6 Å². The molecule has 292 valence electrons. The number of alkyl halides is 4. The lowest BCUT2D eigenvalue weighted by molar-refractivity contribution is -0.352. The number of allylic oxidation sites excluding steroid dienone is 8. The molecule has 0 N–H and O–H groups in total. The highest BCUT2D eigenvalue weighted by Gasteiger charge is 2.55. The molecule has 0 aliphatic carbocycles. The Labute approximate surface area is 271 Å². The van der Waals surface area contributed by atoms with Gasteiger partial charge in [0.15, 0.2) is 58.2 Å². The first-order chi connectivity index (χ1) is 24.0. The molecule has 0 aromatic heterocycles. The molecule has 53 heavy (non-hydrogen) atoms. The summed E-state index contributed by atoms with van der Waals surface area (Å²) in [5.74, 6) is -70.2. The maximum atomic E-state index is 15.0. The van der Waals surface area contributed by atoms with Crippen LogP contribution in [0.1, 0.15) is 11.1 Å². The average Bonchev–Trinajstić information content (AvgIpc) is 3.08. The SMILES string of the molecule is FC(F)=C(F)C(F)=C(F)C(=C(F)C(F)(F)OC(F)(F)C(F)=C(C(F)=C(F)C(F)=C(F)F)c1c(F)c(F)c(F)c(F)c1F)c1c(F)c(F)c(F)c(F)c1F. The molecule has 0 spiro atoms. The van der Waals surface area contributed by atoms with Crippen LogP contribution in [0.2, 0.25) is 0 Å². The number of hydrogen-bond acceptors (Lipinski definition) is 1. The van der Waals surface area contributed by atoms with Gasteiger partial charge in [-0.15, -0.1) is 0 Å². The average molecular weight is 822 g/mol. The summed E-state index contributed by atoms with van der Waals surface area (Å²) in [4.78, 5) is 0. The minimum absolute atomic E-state index is 2.08. The van der Waals surface area contributed by atoms with Gasteiger partial charge < -0.3 is 0 Å². The molecule has 0 bridgehead atoms. The summed E-state index contributed by atoms with van der Waals surface area (Å²) in [5, 5.41) is 0. The zero-order valence-electron chi connectivity index (χ0n) is 23.2. The molecule has 0 heterocycles. The van der Waals surface area contributed by atoms with Crippen molar-refractivity contribution in [1.82, 2.24) is 0 Å². The molecule has 1 nitrogen and oxygen atoms in total. The quantitative estimate of drug-likeness (QED) is 0.100. The van der Waals surface area contributed by atoms with Crippen LogP contribution >= 0.6 is 0 Å². The van der Waals surface area contributed by atoms with E-state index in [0.29, 0.717) is 0 Å². The van der Waals surface area contributed by atoms with E-state index in [-0.39, 0.29) is 0 Å². The molecule has 0 aliphatic rings. The summed E-state index contributed by atoms with van der Waals surface area (Å²) in [6, 6.07) is 0. The Morgan fingerprint density at radius 2 is 0.509 bits per heavy atom. The Hall–Kier alpha value is -4.98. The third-order valence-electron chi connectivity index (χ3n) is 5.67. The third kappa shape index (κ3) is 8.02. The summed E-state index contributed by atoms with van der Waals surface area (Å²) in [6.45, 7) is 0. The highest BCUT2D eigenvalue weighted by Crippen LogP contribution is 2.49. The zero-order chi connectivity index (χ0) is 41.6. The van der Waals surface area contributed by atoms with E-state index >= 15 is 0 Å². The van der Waals surface area contributed by atoms with Gasteiger partial charge in [-0.25, -0.2) is 75.0 Å². The number of halogens is 26. The van der Waals surface area contributed by atoms with Crippen molar-refractivity contribution in [3.05, 3.63) is 128 Å². The van der Waals surface area contributed by atoms with Crippen molar-refractivity contribution in [2.24, 2.45) is 0 Å². The van der Waals surface area contributed by atoms with Crippen LogP contribution in [-0.4, -0.2) is 12.2 Å². The van der Waals surface area contributed by atoms with Crippen molar-refractivity contribution in [2.45, 2.75) is 12.2 Å². The van der Waals surface area contributed by atoms with Gasteiger partial charge in [0, 0.05) is 0 Å². The van der Waals surface area contributed by atoms with E-state index in [1.807, 2.05) is 0 Å². The van der Waals surface area contributed by atoms with Crippen molar-refractivity contribution >= 4 is 11.1 Å². The fourth-order valence-electron chi connectivity index (χ4n) is 3.40. The molecule has 2 rings (SSSR count).